The van der Waals surface area contributed by atoms with E-state index in [2.05, 4.69) is 10.6 Å². The summed E-state index contributed by atoms with van der Waals surface area (Å²) in [5.74, 6) is -0.573. The maximum Gasteiger partial charge on any atom is 0.235 e. The Morgan fingerprint density at radius 1 is 1.06 bits per heavy atom. The summed E-state index contributed by atoms with van der Waals surface area (Å²) in [6.45, 7) is 9.69. The summed E-state index contributed by atoms with van der Waals surface area (Å²) < 4.78 is 4.83. The number of hydrogen-bond donors (Lipinski definition) is 2. The molecule has 0 bridgehead atoms. The Bertz CT molecular complexity index is 280. The van der Waals surface area contributed by atoms with Crippen LogP contribution in [0.4, 0.5) is 0 Å². The zero-order valence-electron chi connectivity index (χ0n) is 11.6. The number of carbonyl (C=O) groups is 2. The van der Waals surface area contributed by atoms with Crippen LogP contribution < -0.4 is 10.6 Å². The zero-order chi connectivity index (χ0) is 13.7. The minimum atomic E-state index is -1.08. The van der Waals surface area contributed by atoms with Gasteiger partial charge in [-0.25, -0.2) is 0 Å². The lowest BCUT2D eigenvalue weighted by Crippen LogP contribution is -2.53. The molecule has 2 amide bonds. The van der Waals surface area contributed by atoms with Gasteiger partial charge in [0.1, 0.15) is 5.41 Å². The van der Waals surface area contributed by atoms with Crippen molar-refractivity contribution in [1.29, 1.82) is 0 Å². The molecule has 0 saturated heterocycles. The second-order valence-electron chi connectivity index (χ2n) is 5.58. The summed E-state index contributed by atoms with van der Waals surface area (Å²) in [7, 11) is 1.56. The molecule has 0 fully saturated rings. The molecule has 0 aromatic heterocycles. The van der Waals surface area contributed by atoms with Crippen LogP contribution in [0.25, 0.3) is 0 Å². The van der Waals surface area contributed by atoms with Gasteiger partial charge in [-0.2, -0.15) is 0 Å². The van der Waals surface area contributed by atoms with Crippen molar-refractivity contribution in [1.82, 2.24) is 10.6 Å². The highest BCUT2D eigenvalue weighted by Gasteiger charge is 2.37. The van der Waals surface area contributed by atoms with Crippen LogP contribution in [0.1, 0.15) is 34.6 Å². The minimum Gasteiger partial charge on any atom is -0.383 e. The van der Waals surface area contributed by atoms with Gasteiger partial charge in [0.25, 0.3) is 0 Å². The van der Waals surface area contributed by atoms with E-state index in [-0.39, 0.29) is 17.4 Å². The molecule has 0 aliphatic carbocycles. The molecule has 0 aromatic carbocycles. The summed E-state index contributed by atoms with van der Waals surface area (Å²) in [6.07, 6.45) is 0. The van der Waals surface area contributed by atoms with Gasteiger partial charge in [0.05, 0.1) is 6.61 Å². The SMILES string of the molecule is COCCNC(=O)C(C)(C)C(=O)NC(C)(C)C. The van der Waals surface area contributed by atoms with E-state index >= 15 is 0 Å². The third kappa shape index (κ3) is 5.68. The van der Waals surface area contributed by atoms with Crippen molar-refractivity contribution in [2.75, 3.05) is 20.3 Å². The van der Waals surface area contributed by atoms with Gasteiger partial charge in [0.15, 0.2) is 0 Å². The number of amides is 2. The standard InChI is InChI=1S/C12H24N2O3/c1-11(2,3)14-10(16)12(4,5)9(15)13-7-8-17-6/h7-8H2,1-6H3,(H,13,15)(H,14,16). The molecule has 0 atom stereocenters. The second kappa shape index (κ2) is 6.00. The van der Waals surface area contributed by atoms with Crippen molar-refractivity contribution in [2.24, 2.45) is 5.41 Å². The highest BCUT2D eigenvalue weighted by Crippen LogP contribution is 2.17. The molecule has 0 aliphatic rings. The Balaban J connectivity index is 4.44. The van der Waals surface area contributed by atoms with Gasteiger partial charge in [-0.1, -0.05) is 0 Å². The van der Waals surface area contributed by atoms with E-state index in [1.165, 1.54) is 0 Å². The van der Waals surface area contributed by atoms with Gasteiger partial charge < -0.3 is 15.4 Å². The maximum atomic E-state index is 12.0. The highest BCUT2D eigenvalue weighted by atomic mass is 16.5. The van der Waals surface area contributed by atoms with E-state index in [0.717, 1.165) is 0 Å². The largest absolute Gasteiger partial charge is 0.383 e. The second-order valence-corrected chi connectivity index (χ2v) is 5.58. The fourth-order valence-electron chi connectivity index (χ4n) is 1.09. The fraction of sp³-hybridized carbons (Fsp3) is 0.833. The van der Waals surface area contributed by atoms with Crippen LogP contribution in [0.3, 0.4) is 0 Å². The van der Waals surface area contributed by atoms with Gasteiger partial charge in [-0.3, -0.25) is 9.59 Å². The van der Waals surface area contributed by atoms with Crippen molar-refractivity contribution in [3.63, 3.8) is 0 Å². The minimum absolute atomic E-state index is 0.278. The van der Waals surface area contributed by atoms with Crippen LogP contribution in [0.5, 0.6) is 0 Å². The monoisotopic (exact) mass is 244 g/mol. The first-order valence-electron chi connectivity index (χ1n) is 5.71. The molecule has 0 aromatic rings. The van der Waals surface area contributed by atoms with Crippen LogP contribution in [0.15, 0.2) is 0 Å². The van der Waals surface area contributed by atoms with E-state index in [0.29, 0.717) is 13.2 Å². The highest BCUT2D eigenvalue weighted by molar-refractivity contribution is 6.04. The van der Waals surface area contributed by atoms with Crippen molar-refractivity contribution in [3.05, 3.63) is 0 Å². The van der Waals surface area contributed by atoms with Crippen molar-refractivity contribution >= 4 is 11.8 Å². The molecule has 0 heterocycles. The number of hydrogen-bond acceptors (Lipinski definition) is 3. The Kier molecular flexibility index (Phi) is 5.61. The molecule has 0 aliphatic heterocycles. The third-order valence-corrected chi connectivity index (χ3v) is 2.22. The lowest BCUT2D eigenvalue weighted by molar-refractivity contribution is -0.142. The first kappa shape index (κ1) is 15.9. The van der Waals surface area contributed by atoms with E-state index in [1.54, 1.807) is 21.0 Å². The normalized spacial score (nSPS) is 12.1. The van der Waals surface area contributed by atoms with Crippen molar-refractivity contribution in [2.45, 2.75) is 40.2 Å². The first-order valence-corrected chi connectivity index (χ1v) is 5.71. The Morgan fingerprint density at radius 3 is 2.00 bits per heavy atom. The van der Waals surface area contributed by atoms with Crippen LogP contribution in [0.2, 0.25) is 0 Å². The zero-order valence-corrected chi connectivity index (χ0v) is 11.6. The molecule has 5 nitrogen and oxygen atoms in total. The predicted octanol–water partition coefficient (Wildman–Crippen LogP) is 0.690. The molecule has 0 saturated carbocycles. The van der Waals surface area contributed by atoms with E-state index in [9.17, 15) is 9.59 Å². The molecule has 0 radical (unpaired) electrons. The molecule has 0 spiro atoms. The van der Waals surface area contributed by atoms with Crippen molar-refractivity contribution in [3.8, 4) is 0 Å². The fourth-order valence-corrected chi connectivity index (χ4v) is 1.09. The molecule has 2 N–H and O–H groups in total. The van der Waals surface area contributed by atoms with Crippen LogP contribution >= 0.6 is 0 Å². The molecule has 17 heavy (non-hydrogen) atoms. The maximum absolute atomic E-state index is 12.0. The average Bonchev–Trinajstić information content (AvgIpc) is 2.15. The number of ether oxygens (including phenoxy) is 1. The Labute approximate surface area is 103 Å². The van der Waals surface area contributed by atoms with E-state index in [4.69, 9.17) is 4.74 Å². The smallest absolute Gasteiger partial charge is 0.235 e. The molecular formula is C12H24N2O3. The number of carbonyl (C=O) groups excluding carboxylic acids is 2. The van der Waals surface area contributed by atoms with Gasteiger partial charge in [-0.05, 0) is 34.6 Å². The van der Waals surface area contributed by atoms with E-state index < -0.39 is 5.41 Å². The van der Waals surface area contributed by atoms with Crippen LogP contribution in [-0.2, 0) is 14.3 Å². The third-order valence-electron chi connectivity index (χ3n) is 2.22. The predicted molar refractivity (Wildman–Crippen MR) is 66.6 cm³/mol. The van der Waals surface area contributed by atoms with Gasteiger partial charge in [0, 0.05) is 19.2 Å². The van der Waals surface area contributed by atoms with Crippen molar-refractivity contribution < 1.29 is 14.3 Å². The van der Waals surface area contributed by atoms with Crippen LogP contribution in [-0.4, -0.2) is 37.6 Å². The van der Waals surface area contributed by atoms with E-state index in [1.807, 2.05) is 20.8 Å². The summed E-state index contributed by atoms with van der Waals surface area (Å²) in [5.41, 5.74) is -1.43. The number of methoxy groups -OCH3 is 1. The average molecular weight is 244 g/mol. The van der Waals surface area contributed by atoms with Crippen LogP contribution in [0, 0.1) is 5.41 Å². The summed E-state index contributed by atoms with van der Waals surface area (Å²) in [4.78, 5) is 23.8. The molecule has 0 unspecified atom stereocenters. The molecule has 100 valence electrons. The summed E-state index contributed by atoms with van der Waals surface area (Å²) in [6, 6.07) is 0. The van der Waals surface area contributed by atoms with Gasteiger partial charge in [0.2, 0.25) is 11.8 Å². The lowest BCUT2D eigenvalue weighted by atomic mass is 9.89. The van der Waals surface area contributed by atoms with Gasteiger partial charge >= 0.3 is 0 Å². The quantitative estimate of drug-likeness (QED) is 0.552. The van der Waals surface area contributed by atoms with Gasteiger partial charge in [-0.15, -0.1) is 0 Å². The topological polar surface area (TPSA) is 67.4 Å². The number of nitrogens with one attached hydrogen (secondary N) is 2. The summed E-state index contributed by atoms with van der Waals surface area (Å²) >= 11 is 0. The molecule has 5 heteroatoms. The molecule has 0 rings (SSSR count). The Hall–Kier alpha value is -1.10. The Morgan fingerprint density at radius 2 is 1.59 bits per heavy atom. The summed E-state index contributed by atoms with van der Waals surface area (Å²) in [5, 5.41) is 5.47. The lowest BCUT2D eigenvalue weighted by Gasteiger charge is -2.28. The molecular weight excluding hydrogens is 220 g/mol. The number of rotatable bonds is 5. The first-order chi connectivity index (χ1) is 7.61.